The highest BCUT2D eigenvalue weighted by atomic mass is 16.3. The van der Waals surface area contributed by atoms with E-state index in [4.69, 9.17) is 0 Å². The summed E-state index contributed by atoms with van der Waals surface area (Å²) in [6, 6.07) is 0. The highest BCUT2D eigenvalue weighted by Crippen LogP contribution is 2.44. The normalized spacial score (nSPS) is 30.9. The Morgan fingerprint density at radius 3 is 2.19 bits per heavy atom. The summed E-state index contributed by atoms with van der Waals surface area (Å²) in [5, 5.41) is 13.3. The summed E-state index contributed by atoms with van der Waals surface area (Å²) >= 11 is 0. The van der Waals surface area contributed by atoms with Gasteiger partial charge in [-0.05, 0) is 39.5 Å². The lowest BCUT2D eigenvalue weighted by Crippen LogP contribution is -2.46. The number of nitrogens with zero attached hydrogens (tertiary/aromatic N) is 1. The molecule has 2 fully saturated rings. The Labute approximate surface area is 127 Å². The van der Waals surface area contributed by atoms with Gasteiger partial charge in [-0.15, -0.1) is 0 Å². The van der Waals surface area contributed by atoms with Gasteiger partial charge in [0.1, 0.15) is 0 Å². The van der Waals surface area contributed by atoms with Crippen LogP contribution in [0.25, 0.3) is 0 Å². The van der Waals surface area contributed by atoms with E-state index < -0.39 is 6.10 Å². The molecule has 21 heavy (non-hydrogen) atoms. The topological polar surface area (TPSA) is 69.6 Å². The van der Waals surface area contributed by atoms with Crippen molar-refractivity contribution in [2.24, 2.45) is 17.8 Å². The van der Waals surface area contributed by atoms with Gasteiger partial charge in [-0.1, -0.05) is 13.3 Å². The molecule has 2 rings (SSSR count). The summed E-state index contributed by atoms with van der Waals surface area (Å²) in [7, 11) is 0. The van der Waals surface area contributed by atoms with Crippen LogP contribution in [0.3, 0.4) is 0 Å². The van der Waals surface area contributed by atoms with E-state index in [9.17, 15) is 14.7 Å². The molecule has 0 radical (unpaired) electrons. The first kappa shape index (κ1) is 16.4. The molecule has 120 valence electrons. The molecule has 5 nitrogen and oxygen atoms in total. The van der Waals surface area contributed by atoms with Crippen molar-refractivity contribution >= 4 is 11.8 Å². The fourth-order valence-electron chi connectivity index (χ4n) is 3.41. The smallest absolute Gasteiger partial charge is 0.233 e. The molecule has 0 spiro atoms. The van der Waals surface area contributed by atoms with Crippen molar-refractivity contribution in [1.82, 2.24) is 10.2 Å². The largest absolute Gasteiger partial charge is 0.390 e. The quantitative estimate of drug-likeness (QED) is 0.747. The number of amides is 2. The zero-order valence-electron chi connectivity index (χ0n) is 13.6. The first-order chi connectivity index (χ1) is 9.73. The first-order valence-electron chi connectivity index (χ1n) is 8.01. The minimum Gasteiger partial charge on any atom is -0.390 e. The standard InChI is InChI=1S/C16H28N2O3/c1-5-10-6-12-13(7-10)15(21)18(14(12)20)9-11(19)8-17-16(2,3)4/h10-13,17,19H,5-9H2,1-4H3. The average molecular weight is 296 g/mol. The Kier molecular flexibility index (Phi) is 4.73. The molecule has 1 aliphatic heterocycles. The zero-order chi connectivity index (χ0) is 15.8. The van der Waals surface area contributed by atoms with Gasteiger partial charge in [-0.2, -0.15) is 0 Å². The number of aliphatic hydroxyl groups is 1. The van der Waals surface area contributed by atoms with Crippen molar-refractivity contribution < 1.29 is 14.7 Å². The molecule has 2 amide bonds. The lowest BCUT2D eigenvalue weighted by molar-refractivity contribution is -0.142. The van der Waals surface area contributed by atoms with Crippen molar-refractivity contribution in [2.75, 3.05) is 13.1 Å². The van der Waals surface area contributed by atoms with Crippen LogP contribution in [0.2, 0.25) is 0 Å². The minimum absolute atomic E-state index is 0.0734. The molecule has 2 N–H and O–H groups in total. The fraction of sp³-hybridized carbons (Fsp3) is 0.875. The van der Waals surface area contributed by atoms with Crippen molar-refractivity contribution in [3.05, 3.63) is 0 Å². The van der Waals surface area contributed by atoms with Gasteiger partial charge < -0.3 is 10.4 Å². The van der Waals surface area contributed by atoms with Gasteiger partial charge in [0.15, 0.2) is 0 Å². The van der Waals surface area contributed by atoms with Crippen LogP contribution in [0.4, 0.5) is 0 Å². The van der Waals surface area contributed by atoms with Crippen LogP contribution in [0.15, 0.2) is 0 Å². The first-order valence-corrected chi connectivity index (χ1v) is 8.01. The lowest BCUT2D eigenvalue weighted by Gasteiger charge is -2.25. The lowest BCUT2D eigenvalue weighted by atomic mass is 10.00. The second-order valence-electron chi connectivity index (χ2n) is 7.53. The summed E-state index contributed by atoms with van der Waals surface area (Å²) in [4.78, 5) is 26.0. The fourth-order valence-corrected chi connectivity index (χ4v) is 3.41. The van der Waals surface area contributed by atoms with E-state index in [1.165, 1.54) is 4.90 Å². The maximum Gasteiger partial charge on any atom is 0.233 e. The number of hydrogen-bond acceptors (Lipinski definition) is 4. The van der Waals surface area contributed by atoms with Crippen molar-refractivity contribution in [1.29, 1.82) is 0 Å². The molecule has 0 aromatic rings. The number of aliphatic hydroxyl groups excluding tert-OH is 1. The maximum atomic E-state index is 12.4. The van der Waals surface area contributed by atoms with Crippen LogP contribution in [0.5, 0.6) is 0 Å². The molecule has 2 aliphatic rings. The third-order valence-corrected chi connectivity index (χ3v) is 4.67. The summed E-state index contributed by atoms with van der Waals surface area (Å²) in [6.07, 6.45) is 1.99. The van der Waals surface area contributed by atoms with Crippen LogP contribution in [0, 0.1) is 17.8 Å². The van der Waals surface area contributed by atoms with E-state index in [-0.39, 0.29) is 35.7 Å². The van der Waals surface area contributed by atoms with E-state index in [1.807, 2.05) is 20.8 Å². The van der Waals surface area contributed by atoms with E-state index in [0.717, 1.165) is 19.3 Å². The number of carbonyl (C=O) groups is 2. The Balaban J connectivity index is 1.91. The number of fused-ring (bicyclic) bond motifs is 1. The van der Waals surface area contributed by atoms with E-state index in [2.05, 4.69) is 12.2 Å². The third kappa shape index (κ3) is 3.64. The highest BCUT2D eigenvalue weighted by molar-refractivity contribution is 6.05. The van der Waals surface area contributed by atoms with Gasteiger partial charge in [0, 0.05) is 12.1 Å². The molecular weight excluding hydrogens is 268 g/mol. The van der Waals surface area contributed by atoms with E-state index in [1.54, 1.807) is 0 Å². The van der Waals surface area contributed by atoms with Crippen molar-refractivity contribution in [3.8, 4) is 0 Å². The van der Waals surface area contributed by atoms with E-state index >= 15 is 0 Å². The second-order valence-corrected chi connectivity index (χ2v) is 7.53. The predicted octanol–water partition coefficient (Wildman–Crippen LogP) is 1.16. The summed E-state index contributed by atoms with van der Waals surface area (Å²) in [6.45, 7) is 8.65. The summed E-state index contributed by atoms with van der Waals surface area (Å²) in [5.74, 6) is 0.0875. The molecule has 0 aromatic carbocycles. The Morgan fingerprint density at radius 2 is 1.76 bits per heavy atom. The van der Waals surface area contributed by atoms with Gasteiger partial charge in [-0.25, -0.2) is 0 Å². The molecule has 1 heterocycles. The molecule has 3 unspecified atom stereocenters. The molecule has 3 atom stereocenters. The Hall–Kier alpha value is -0.940. The summed E-state index contributed by atoms with van der Waals surface area (Å²) in [5.41, 5.74) is -0.0924. The molecule has 0 aromatic heterocycles. The monoisotopic (exact) mass is 296 g/mol. The van der Waals surface area contributed by atoms with Crippen LogP contribution >= 0.6 is 0 Å². The SMILES string of the molecule is CCC1CC2C(=O)N(CC(O)CNC(C)(C)C)C(=O)C2C1. The second kappa shape index (κ2) is 6.05. The average Bonchev–Trinajstić information content (AvgIpc) is 2.91. The van der Waals surface area contributed by atoms with Crippen molar-refractivity contribution in [3.63, 3.8) is 0 Å². The molecular formula is C16H28N2O3. The number of rotatable bonds is 5. The molecule has 5 heteroatoms. The molecule has 1 aliphatic carbocycles. The maximum absolute atomic E-state index is 12.4. The number of hydrogen-bond donors (Lipinski definition) is 2. The number of likely N-dealkylation sites (tertiary alicyclic amines) is 1. The minimum atomic E-state index is -0.710. The number of imide groups is 1. The van der Waals surface area contributed by atoms with Crippen LogP contribution in [0.1, 0.15) is 47.0 Å². The van der Waals surface area contributed by atoms with Gasteiger partial charge in [0.25, 0.3) is 0 Å². The Bertz CT molecular complexity index is 392. The van der Waals surface area contributed by atoms with Gasteiger partial charge in [0.2, 0.25) is 11.8 Å². The molecule has 1 saturated carbocycles. The number of β-amino-alcohol motifs (C(OH)–C–C–N with tert-alkyl or cyclic N) is 1. The van der Waals surface area contributed by atoms with Crippen molar-refractivity contribution in [2.45, 2.75) is 58.6 Å². The zero-order valence-corrected chi connectivity index (χ0v) is 13.6. The highest BCUT2D eigenvalue weighted by Gasteiger charge is 2.52. The molecule has 1 saturated heterocycles. The van der Waals surface area contributed by atoms with Gasteiger partial charge in [-0.3, -0.25) is 14.5 Å². The third-order valence-electron chi connectivity index (χ3n) is 4.67. The van der Waals surface area contributed by atoms with Crippen LogP contribution in [-0.4, -0.2) is 46.6 Å². The Morgan fingerprint density at radius 1 is 1.24 bits per heavy atom. The van der Waals surface area contributed by atoms with Gasteiger partial charge >= 0.3 is 0 Å². The van der Waals surface area contributed by atoms with Crippen LogP contribution in [-0.2, 0) is 9.59 Å². The predicted molar refractivity (Wildman–Crippen MR) is 80.5 cm³/mol. The summed E-state index contributed by atoms with van der Waals surface area (Å²) < 4.78 is 0. The van der Waals surface area contributed by atoms with E-state index in [0.29, 0.717) is 12.5 Å². The number of nitrogens with one attached hydrogen (secondary N) is 1. The molecule has 0 bridgehead atoms. The van der Waals surface area contributed by atoms with Gasteiger partial charge in [0.05, 0.1) is 24.5 Å². The van der Waals surface area contributed by atoms with Crippen LogP contribution < -0.4 is 5.32 Å². The number of carbonyl (C=O) groups excluding carboxylic acids is 2.